The predicted octanol–water partition coefficient (Wildman–Crippen LogP) is 1.96. The largest absolute Gasteiger partial charge is 0.444 e. The first-order valence-corrected chi connectivity index (χ1v) is 7.76. The zero-order valence-corrected chi connectivity index (χ0v) is 12.8. The minimum Gasteiger partial charge on any atom is -0.444 e. The van der Waals surface area contributed by atoms with Gasteiger partial charge in [0.15, 0.2) is 0 Å². The molecule has 19 heavy (non-hydrogen) atoms. The average molecular weight is 286 g/mol. The normalized spacial score (nSPS) is 31.1. The lowest BCUT2D eigenvalue weighted by atomic mass is 10.0. The smallest absolute Gasteiger partial charge is 0.408 e. The number of hydrogen-bond donors (Lipinski definition) is 1. The van der Waals surface area contributed by atoms with Gasteiger partial charge in [-0.05, 0) is 40.5 Å². The van der Waals surface area contributed by atoms with Crippen molar-refractivity contribution in [2.24, 2.45) is 0 Å². The molecule has 0 aliphatic carbocycles. The maximum Gasteiger partial charge on any atom is 0.408 e. The van der Waals surface area contributed by atoms with Crippen molar-refractivity contribution in [1.82, 2.24) is 10.2 Å². The fraction of sp³-hybridized carbons (Fsp3) is 0.846. The first kappa shape index (κ1) is 14.5. The number of carbonyl (C=O) groups excluding carboxylic acids is 2. The minimum atomic E-state index is -0.541. The van der Waals surface area contributed by atoms with Gasteiger partial charge in [0.05, 0.1) is 5.37 Å². The molecule has 0 aromatic rings. The molecule has 3 atom stereocenters. The third kappa shape index (κ3) is 3.35. The molecular weight excluding hydrogens is 264 g/mol. The van der Waals surface area contributed by atoms with Gasteiger partial charge in [-0.15, -0.1) is 11.8 Å². The van der Waals surface area contributed by atoms with Crippen LogP contribution in [0.25, 0.3) is 0 Å². The maximum atomic E-state index is 12.4. The average Bonchev–Trinajstić information content (AvgIpc) is 2.62. The lowest BCUT2D eigenvalue weighted by Gasteiger charge is -2.36. The van der Waals surface area contributed by atoms with E-state index >= 15 is 0 Å². The Morgan fingerprint density at radius 2 is 2.11 bits per heavy atom. The number of hydrogen-bond acceptors (Lipinski definition) is 4. The van der Waals surface area contributed by atoms with Crippen LogP contribution in [0.2, 0.25) is 0 Å². The van der Waals surface area contributed by atoms with E-state index in [0.29, 0.717) is 11.8 Å². The van der Waals surface area contributed by atoms with E-state index in [1.165, 1.54) is 0 Å². The molecule has 1 N–H and O–H groups in total. The van der Waals surface area contributed by atoms with Crippen molar-refractivity contribution in [3.05, 3.63) is 0 Å². The second-order valence-corrected chi connectivity index (χ2v) is 7.37. The van der Waals surface area contributed by atoms with Crippen molar-refractivity contribution in [2.75, 3.05) is 5.75 Å². The molecule has 2 fully saturated rings. The summed E-state index contributed by atoms with van der Waals surface area (Å²) in [6.07, 6.45) is 1.11. The van der Waals surface area contributed by atoms with Gasteiger partial charge in [0.2, 0.25) is 5.91 Å². The molecule has 0 aromatic heterocycles. The van der Waals surface area contributed by atoms with Crippen LogP contribution in [-0.4, -0.2) is 45.7 Å². The van der Waals surface area contributed by atoms with E-state index in [1.807, 2.05) is 37.4 Å². The van der Waals surface area contributed by atoms with Crippen molar-refractivity contribution in [1.29, 1.82) is 0 Å². The molecule has 0 spiro atoms. The van der Waals surface area contributed by atoms with Gasteiger partial charge in [-0.1, -0.05) is 0 Å². The number of fused-ring (bicyclic) bond motifs is 1. The van der Waals surface area contributed by atoms with Crippen LogP contribution in [0.15, 0.2) is 0 Å². The predicted molar refractivity (Wildman–Crippen MR) is 74.9 cm³/mol. The number of thioether (sulfide) groups is 1. The highest BCUT2D eigenvalue weighted by Gasteiger charge is 2.42. The molecule has 5 nitrogen and oxygen atoms in total. The van der Waals surface area contributed by atoms with Crippen molar-refractivity contribution in [3.8, 4) is 0 Å². The molecular formula is C13H22N2O3S. The fourth-order valence-electron chi connectivity index (χ4n) is 2.47. The third-order valence-electron chi connectivity index (χ3n) is 3.26. The van der Waals surface area contributed by atoms with Crippen LogP contribution in [0.3, 0.4) is 0 Å². The highest BCUT2D eigenvalue weighted by atomic mass is 32.2. The van der Waals surface area contributed by atoms with Gasteiger partial charge in [0.1, 0.15) is 11.6 Å². The summed E-state index contributed by atoms with van der Waals surface area (Å²) in [6.45, 7) is 7.49. The standard InChI is InChI=1S/C13H22N2O3S/c1-8-7-19-10-6-5-9(11(16)15(8)10)14-12(17)18-13(2,3)4/h8-10H,5-7H2,1-4H3,(H,14,17)/t8-,9+,10?/m1/s1. The monoisotopic (exact) mass is 286 g/mol. The summed E-state index contributed by atoms with van der Waals surface area (Å²) in [5.41, 5.74) is -0.541. The van der Waals surface area contributed by atoms with E-state index in [9.17, 15) is 9.59 Å². The summed E-state index contributed by atoms with van der Waals surface area (Å²) in [5.74, 6) is 1.01. The van der Waals surface area contributed by atoms with Crippen molar-refractivity contribution in [2.45, 2.75) is 63.6 Å². The van der Waals surface area contributed by atoms with Crippen LogP contribution in [-0.2, 0) is 9.53 Å². The number of amides is 2. The molecule has 2 rings (SSSR count). The maximum absolute atomic E-state index is 12.4. The van der Waals surface area contributed by atoms with Crippen LogP contribution >= 0.6 is 11.8 Å². The summed E-state index contributed by atoms with van der Waals surface area (Å²) in [7, 11) is 0. The molecule has 1 unspecified atom stereocenters. The Morgan fingerprint density at radius 1 is 1.42 bits per heavy atom. The fourth-order valence-corrected chi connectivity index (χ4v) is 3.91. The summed E-state index contributed by atoms with van der Waals surface area (Å²) in [5, 5.41) is 2.99. The van der Waals surface area contributed by atoms with Crippen LogP contribution in [0, 0.1) is 0 Å². The second kappa shape index (κ2) is 5.23. The quantitative estimate of drug-likeness (QED) is 0.800. The zero-order valence-electron chi connectivity index (χ0n) is 11.9. The van der Waals surface area contributed by atoms with Crippen LogP contribution in [0.5, 0.6) is 0 Å². The van der Waals surface area contributed by atoms with E-state index in [4.69, 9.17) is 4.74 Å². The van der Waals surface area contributed by atoms with Crippen LogP contribution in [0.1, 0.15) is 40.5 Å². The number of ether oxygens (including phenoxy) is 1. The third-order valence-corrected chi connectivity index (χ3v) is 4.78. The first-order chi connectivity index (χ1) is 8.78. The number of nitrogens with one attached hydrogen (secondary N) is 1. The number of rotatable bonds is 1. The van der Waals surface area contributed by atoms with Crippen molar-refractivity contribution < 1.29 is 14.3 Å². The number of carbonyl (C=O) groups is 2. The van der Waals surface area contributed by atoms with Crippen molar-refractivity contribution in [3.63, 3.8) is 0 Å². The van der Waals surface area contributed by atoms with E-state index in [1.54, 1.807) is 0 Å². The number of alkyl carbamates (subject to hydrolysis) is 1. The van der Waals surface area contributed by atoms with E-state index in [0.717, 1.165) is 12.2 Å². The van der Waals surface area contributed by atoms with E-state index in [-0.39, 0.29) is 11.9 Å². The molecule has 2 heterocycles. The van der Waals surface area contributed by atoms with Crippen molar-refractivity contribution >= 4 is 23.8 Å². The Labute approximate surface area is 118 Å². The Morgan fingerprint density at radius 3 is 2.74 bits per heavy atom. The molecule has 0 bridgehead atoms. The van der Waals surface area contributed by atoms with Gasteiger partial charge in [0, 0.05) is 11.8 Å². The van der Waals surface area contributed by atoms with Crippen LogP contribution < -0.4 is 5.32 Å². The highest BCUT2D eigenvalue weighted by molar-refractivity contribution is 8.00. The second-order valence-electron chi connectivity index (χ2n) is 6.16. The number of piperidine rings is 1. The van der Waals surface area contributed by atoms with Gasteiger partial charge >= 0.3 is 6.09 Å². The molecule has 2 aliphatic heterocycles. The minimum absolute atomic E-state index is 0.0274. The highest BCUT2D eigenvalue weighted by Crippen LogP contribution is 2.36. The zero-order chi connectivity index (χ0) is 14.2. The van der Waals surface area contributed by atoms with E-state index < -0.39 is 17.7 Å². The SMILES string of the molecule is C[C@@H]1CSC2CC[C@H](NC(=O)OC(C)(C)C)C(=O)N21. The summed E-state index contributed by atoms with van der Waals surface area (Å²) in [4.78, 5) is 26.0. The molecule has 0 radical (unpaired) electrons. The molecule has 0 aromatic carbocycles. The molecule has 2 aliphatic rings. The Balaban J connectivity index is 1.95. The van der Waals surface area contributed by atoms with Gasteiger partial charge in [-0.3, -0.25) is 4.79 Å². The van der Waals surface area contributed by atoms with Gasteiger partial charge in [0.25, 0.3) is 0 Å². The van der Waals surface area contributed by atoms with Gasteiger partial charge < -0.3 is 15.0 Å². The Bertz CT molecular complexity index is 381. The molecule has 0 saturated carbocycles. The summed E-state index contributed by atoms with van der Waals surface area (Å²) < 4.78 is 5.20. The van der Waals surface area contributed by atoms with Gasteiger partial charge in [-0.25, -0.2) is 4.79 Å². The first-order valence-electron chi connectivity index (χ1n) is 6.71. The van der Waals surface area contributed by atoms with E-state index in [2.05, 4.69) is 12.2 Å². The molecule has 6 heteroatoms. The lowest BCUT2D eigenvalue weighted by Crippen LogP contribution is -2.56. The lowest BCUT2D eigenvalue weighted by molar-refractivity contribution is -0.138. The summed E-state index contributed by atoms with van der Waals surface area (Å²) in [6, 6.07) is -0.182. The molecule has 108 valence electrons. The van der Waals surface area contributed by atoms with Gasteiger partial charge in [-0.2, -0.15) is 0 Å². The number of nitrogens with zero attached hydrogens (tertiary/aromatic N) is 1. The molecule has 2 amide bonds. The molecule has 2 saturated heterocycles. The summed E-state index contributed by atoms with van der Waals surface area (Å²) >= 11 is 1.83. The Kier molecular flexibility index (Phi) is 3.99. The van der Waals surface area contributed by atoms with Crippen LogP contribution in [0.4, 0.5) is 4.79 Å². The Hall–Kier alpha value is -0.910. The topological polar surface area (TPSA) is 58.6 Å².